The first-order chi connectivity index (χ1) is 12.7. The smallest absolute Gasteiger partial charge is 0.345 e. The summed E-state index contributed by atoms with van der Waals surface area (Å²) in [6.07, 6.45) is -1.24. The summed E-state index contributed by atoms with van der Waals surface area (Å²) >= 11 is 5.76. The normalized spacial score (nSPS) is 11.3. The minimum absolute atomic E-state index is 0.110. The molecule has 0 aliphatic carbocycles. The molecule has 0 saturated heterocycles. The number of hydrogen-bond donors (Lipinski definition) is 2. The number of amides is 2. The van der Waals surface area contributed by atoms with E-state index in [1.54, 1.807) is 0 Å². The number of halogens is 1. The van der Waals surface area contributed by atoms with Crippen molar-refractivity contribution in [3.8, 4) is 0 Å². The lowest BCUT2D eigenvalue weighted by Gasteiger charge is -2.14. The molecule has 1 atom stereocenters. The van der Waals surface area contributed by atoms with E-state index in [1.165, 1.54) is 37.3 Å². The number of anilines is 1. The zero-order valence-corrected chi connectivity index (χ0v) is 14.7. The molecule has 0 aliphatic heterocycles. The van der Waals surface area contributed by atoms with E-state index in [0.29, 0.717) is 5.69 Å². The fraction of sp³-hybridized carbons (Fsp3) is 0.118. The van der Waals surface area contributed by atoms with Gasteiger partial charge in [-0.05, 0) is 43.3 Å². The van der Waals surface area contributed by atoms with Gasteiger partial charge in [0.2, 0.25) is 5.91 Å². The molecule has 2 amide bonds. The summed E-state index contributed by atoms with van der Waals surface area (Å²) in [7, 11) is 0. The minimum atomic E-state index is -1.24. The van der Waals surface area contributed by atoms with Crippen LogP contribution < -0.4 is 11.1 Å². The van der Waals surface area contributed by atoms with E-state index >= 15 is 0 Å². The lowest BCUT2D eigenvalue weighted by atomic mass is 10.2. The van der Waals surface area contributed by atoms with Gasteiger partial charge in [-0.2, -0.15) is 0 Å². The van der Waals surface area contributed by atoms with Crippen molar-refractivity contribution in [1.82, 2.24) is 0 Å². The summed E-state index contributed by atoms with van der Waals surface area (Å²) in [4.78, 5) is 45.6. The van der Waals surface area contributed by atoms with Crippen molar-refractivity contribution >= 4 is 40.8 Å². The average molecular weight is 392 g/mol. The number of carbonyl (C=O) groups is 3. The highest BCUT2D eigenvalue weighted by molar-refractivity contribution is 6.31. The molecule has 0 radical (unpaired) electrons. The zero-order chi connectivity index (χ0) is 20.1. The number of nitro groups is 1. The van der Waals surface area contributed by atoms with Gasteiger partial charge in [0.25, 0.3) is 11.6 Å². The topological polar surface area (TPSA) is 142 Å². The van der Waals surface area contributed by atoms with Crippen molar-refractivity contribution in [2.24, 2.45) is 5.73 Å². The van der Waals surface area contributed by atoms with Gasteiger partial charge in [-0.3, -0.25) is 19.7 Å². The summed E-state index contributed by atoms with van der Waals surface area (Å²) in [6, 6.07) is 9.18. The highest BCUT2D eigenvalue weighted by Gasteiger charge is 2.25. The van der Waals surface area contributed by atoms with Crippen LogP contribution in [0.3, 0.4) is 0 Å². The monoisotopic (exact) mass is 391 g/mol. The Balaban J connectivity index is 2.08. The number of nitrogens with one attached hydrogen (secondary N) is 1. The fourth-order valence-corrected chi connectivity index (χ4v) is 2.24. The molecule has 0 unspecified atom stereocenters. The molecule has 2 aromatic carbocycles. The van der Waals surface area contributed by atoms with Crippen LogP contribution in [0.25, 0.3) is 0 Å². The number of primary amides is 1. The maximum Gasteiger partial charge on any atom is 0.345 e. The molecule has 2 aromatic rings. The van der Waals surface area contributed by atoms with E-state index in [9.17, 15) is 24.5 Å². The van der Waals surface area contributed by atoms with Crippen LogP contribution in [0.15, 0.2) is 42.5 Å². The third-order valence-electron chi connectivity index (χ3n) is 3.47. The Labute approximate surface area is 158 Å². The van der Waals surface area contributed by atoms with E-state index in [4.69, 9.17) is 22.1 Å². The lowest BCUT2D eigenvalue weighted by molar-refractivity contribution is -0.385. The summed E-state index contributed by atoms with van der Waals surface area (Å²) in [5.74, 6) is -2.34. The van der Waals surface area contributed by atoms with Crippen molar-refractivity contribution in [3.05, 3.63) is 68.7 Å². The Kier molecular flexibility index (Phi) is 6.09. The lowest BCUT2D eigenvalue weighted by Crippen LogP contribution is -2.30. The van der Waals surface area contributed by atoms with E-state index in [-0.39, 0.29) is 16.1 Å². The van der Waals surface area contributed by atoms with E-state index in [2.05, 4.69) is 5.32 Å². The van der Waals surface area contributed by atoms with Gasteiger partial charge >= 0.3 is 5.97 Å². The molecule has 9 nitrogen and oxygen atoms in total. The molecule has 0 fully saturated rings. The Bertz CT molecular complexity index is 913. The number of benzene rings is 2. The Morgan fingerprint density at radius 3 is 2.37 bits per heavy atom. The molecule has 0 aromatic heterocycles. The van der Waals surface area contributed by atoms with Gasteiger partial charge in [0.15, 0.2) is 6.10 Å². The molecule has 2 rings (SSSR count). The van der Waals surface area contributed by atoms with Crippen LogP contribution in [0.2, 0.25) is 5.02 Å². The number of hydrogen-bond acceptors (Lipinski definition) is 6. The van der Waals surface area contributed by atoms with E-state index in [1.807, 2.05) is 0 Å². The standard InChI is InChI=1S/C17H14ClN3O6/c1-9(16(23)20-12-5-2-10(3-6-12)15(19)22)27-17(24)13-8-11(18)4-7-14(13)21(25)26/h2-9H,1H3,(H2,19,22)(H,20,23)/t9-/m1/s1. The third-order valence-corrected chi connectivity index (χ3v) is 3.70. The van der Waals surface area contributed by atoms with Gasteiger partial charge in [0.1, 0.15) is 5.56 Å². The largest absolute Gasteiger partial charge is 0.449 e. The summed E-state index contributed by atoms with van der Waals surface area (Å²) in [5.41, 5.74) is 4.89. The van der Waals surface area contributed by atoms with Crippen LogP contribution >= 0.6 is 11.6 Å². The van der Waals surface area contributed by atoms with Gasteiger partial charge in [-0.1, -0.05) is 11.6 Å². The number of esters is 1. The van der Waals surface area contributed by atoms with Crippen LogP contribution in [0.5, 0.6) is 0 Å². The van der Waals surface area contributed by atoms with Crippen molar-refractivity contribution in [1.29, 1.82) is 0 Å². The Morgan fingerprint density at radius 2 is 1.81 bits per heavy atom. The molecule has 0 bridgehead atoms. The maximum atomic E-state index is 12.2. The molecule has 0 spiro atoms. The molecule has 0 heterocycles. The second-order valence-corrected chi connectivity index (χ2v) is 5.83. The summed E-state index contributed by atoms with van der Waals surface area (Å²) in [5, 5.41) is 13.6. The van der Waals surface area contributed by atoms with Crippen LogP contribution in [0, 0.1) is 10.1 Å². The van der Waals surface area contributed by atoms with Gasteiger partial charge in [0.05, 0.1) is 4.92 Å². The molecule has 27 heavy (non-hydrogen) atoms. The van der Waals surface area contributed by atoms with Crippen LogP contribution in [0.1, 0.15) is 27.6 Å². The highest BCUT2D eigenvalue weighted by atomic mass is 35.5. The number of nitrogens with zero attached hydrogens (tertiary/aromatic N) is 1. The van der Waals surface area contributed by atoms with Gasteiger partial charge in [0, 0.05) is 22.3 Å². The Morgan fingerprint density at radius 1 is 1.19 bits per heavy atom. The number of nitro benzene ring substituents is 1. The van der Waals surface area contributed by atoms with E-state index in [0.717, 1.165) is 12.1 Å². The molecule has 140 valence electrons. The van der Waals surface area contributed by atoms with Crippen LogP contribution in [-0.2, 0) is 9.53 Å². The van der Waals surface area contributed by atoms with Gasteiger partial charge in [-0.25, -0.2) is 4.79 Å². The van der Waals surface area contributed by atoms with Gasteiger partial charge < -0.3 is 15.8 Å². The minimum Gasteiger partial charge on any atom is -0.449 e. The average Bonchev–Trinajstić information content (AvgIpc) is 2.61. The SMILES string of the molecule is C[C@@H](OC(=O)c1cc(Cl)ccc1[N+](=O)[O-])C(=O)Nc1ccc(C(N)=O)cc1. The number of carbonyl (C=O) groups excluding carboxylic acids is 3. The summed E-state index contributed by atoms with van der Waals surface area (Å²) in [6.45, 7) is 1.31. The quantitative estimate of drug-likeness (QED) is 0.440. The first kappa shape index (κ1) is 19.9. The number of rotatable bonds is 6. The van der Waals surface area contributed by atoms with Crippen molar-refractivity contribution in [2.75, 3.05) is 5.32 Å². The second kappa shape index (κ2) is 8.28. The fourth-order valence-electron chi connectivity index (χ4n) is 2.07. The third kappa shape index (κ3) is 5.02. The molecule has 3 N–H and O–H groups in total. The Hall–Kier alpha value is -3.46. The van der Waals surface area contributed by atoms with E-state index < -0.39 is 34.5 Å². The van der Waals surface area contributed by atoms with Crippen LogP contribution in [0.4, 0.5) is 11.4 Å². The zero-order valence-electron chi connectivity index (χ0n) is 14.0. The predicted octanol–water partition coefficient (Wildman–Crippen LogP) is 2.53. The first-order valence-electron chi connectivity index (χ1n) is 7.54. The molecule has 0 saturated carbocycles. The predicted molar refractivity (Wildman–Crippen MR) is 96.6 cm³/mol. The van der Waals surface area contributed by atoms with Crippen molar-refractivity contribution < 1.29 is 24.0 Å². The summed E-state index contributed by atoms with van der Waals surface area (Å²) < 4.78 is 4.99. The molecule has 10 heteroatoms. The number of nitrogens with two attached hydrogens (primary N) is 1. The molecule has 0 aliphatic rings. The first-order valence-corrected chi connectivity index (χ1v) is 7.92. The molecular formula is C17H14ClN3O6. The van der Waals surface area contributed by atoms with Crippen molar-refractivity contribution in [2.45, 2.75) is 13.0 Å². The second-order valence-electron chi connectivity index (χ2n) is 5.40. The number of ether oxygens (including phenoxy) is 1. The van der Waals surface area contributed by atoms with Crippen LogP contribution in [-0.4, -0.2) is 28.8 Å². The van der Waals surface area contributed by atoms with Gasteiger partial charge in [-0.15, -0.1) is 0 Å². The maximum absolute atomic E-state index is 12.2. The molecular weight excluding hydrogens is 378 g/mol. The highest BCUT2D eigenvalue weighted by Crippen LogP contribution is 2.24. The van der Waals surface area contributed by atoms with Crippen molar-refractivity contribution in [3.63, 3.8) is 0 Å².